The minimum absolute atomic E-state index is 0.113. The van der Waals surface area contributed by atoms with Crippen molar-refractivity contribution in [1.82, 2.24) is 10.2 Å². The van der Waals surface area contributed by atoms with E-state index in [1.807, 2.05) is 12.1 Å². The van der Waals surface area contributed by atoms with Gasteiger partial charge < -0.3 is 10.2 Å². The molecular weight excluding hydrogens is 317 g/mol. The molecule has 2 aliphatic heterocycles. The lowest BCUT2D eigenvalue weighted by molar-refractivity contribution is -0.184. The zero-order valence-corrected chi connectivity index (χ0v) is 13.6. The van der Waals surface area contributed by atoms with Crippen molar-refractivity contribution in [3.63, 3.8) is 0 Å². The van der Waals surface area contributed by atoms with Crippen LogP contribution in [0.1, 0.15) is 47.5 Å². The van der Waals surface area contributed by atoms with E-state index in [2.05, 4.69) is 5.32 Å². The van der Waals surface area contributed by atoms with E-state index in [1.165, 1.54) is 10.5 Å². The third-order valence-electron chi connectivity index (χ3n) is 5.14. The first-order chi connectivity index (χ1) is 11.4. The molecule has 2 saturated heterocycles. The second-order valence-corrected chi connectivity index (χ2v) is 6.78. The highest BCUT2D eigenvalue weighted by atomic mass is 19.4. The molecule has 1 aromatic carbocycles. The Morgan fingerprint density at radius 2 is 1.75 bits per heavy atom. The highest BCUT2D eigenvalue weighted by Crippen LogP contribution is 2.33. The van der Waals surface area contributed by atoms with E-state index < -0.39 is 12.1 Å². The number of benzene rings is 1. The molecule has 1 unspecified atom stereocenters. The van der Waals surface area contributed by atoms with Crippen molar-refractivity contribution in [3.8, 4) is 0 Å². The Kier molecular flexibility index (Phi) is 5.13. The molecule has 0 saturated carbocycles. The van der Waals surface area contributed by atoms with Gasteiger partial charge in [0.25, 0.3) is 5.91 Å². The zero-order valence-electron chi connectivity index (χ0n) is 13.6. The summed E-state index contributed by atoms with van der Waals surface area (Å²) in [7, 11) is 0. The smallest absolute Gasteiger partial charge is 0.338 e. The lowest BCUT2D eigenvalue weighted by atomic mass is 9.89. The van der Waals surface area contributed by atoms with Crippen LogP contribution in [0, 0.1) is 5.92 Å². The quantitative estimate of drug-likeness (QED) is 0.893. The van der Waals surface area contributed by atoms with Crippen molar-refractivity contribution in [1.29, 1.82) is 0 Å². The predicted octanol–water partition coefficient (Wildman–Crippen LogP) is 3.57. The fourth-order valence-electron chi connectivity index (χ4n) is 3.66. The number of halogens is 3. The fourth-order valence-corrected chi connectivity index (χ4v) is 3.66. The van der Waals surface area contributed by atoms with Gasteiger partial charge in [0, 0.05) is 18.7 Å². The molecule has 3 nitrogen and oxygen atoms in total. The van der Waals surface area contributed by atoms with Gasteiger partial charge in [-0.25, -0.2) is 0 Å². The van der Waals surface area contributed by atoms with Crippen LogP contribution in [0.2, 0.25) is 0 Å². The number of hydrogen-bond acceptors (Lipinski definition) is 2. The van der Waals surface area contributed by atoms with E-state index >= 15 is 0 Å². The predicted molar refractivity (Wildman–Crippen MR) is 86.0 cm³/mol. The van der Waals surface area contributed by atoms with Crippen LogP contribution in [0.4, 0.5) is 13.2 Å². The molecule has 2 aliphatic rings. The molecule has 6 heteroatoms. The maximum atomic E-state index is 12.9. The first-order valence-corrected chi connectivity index (χ1v) is 8.62. The summed E-state index contributed by atoms with van der Waals surface area (Å²) in [6.07, 6.45) is -1.55. The number of amides is 1. The van der Waals surface area contributed by atoms with E-state index in [4.69, 9.17) is 0 Å². The number of carbonyl (C=O) groups excluding carboxylic acids is 1. The Balaban J connectivity index is 1.66. The molecule has 24 heavy (non-hydrogen) atoms. The van der Waals surface area contributed by atoms with Gasteiger partial charge in [-0.05, 0) is 62.4 Å². The van der Waals surface area contributed by atoms with Crippen LogP contribution in [-0.2, 0) is 0 Å². The van der Waals surface area contributed by atoms with Crippen molar-refractivity contribution in [3.05, 3.63) is 35.4 Å². The van der Waals surface area contributed by atoms with Crippen molar-refractivity contribution in [2.75, 3.05) is 26.2 Å². The van der Waals surface area contributed by atoms with E-state index in [-0.39, 0.29) is 18.9 Å². The number of alkyl halides is 3. The van der Waals surface area contributed by atoms with E-state index in [9.17, 15) is 18.0 Å². The van der Waals surface area contributed by atoms with Crippen LogP contribution in [0.25, 0.3) is 0 Å². The largest absolute Gasteiger partial charge is 0.393 e. The molecule has 0 aliphatic carbocycles. The summed E-state index contributed by atoms with van der Waals surface area (Å²) in [6.45, 7) is 2.18. The van der Waals surface area contributed by atoms with Gasteiger partial charge in [-0.1, -0.05) is 12.1 Å². The summed E-state index contributed by atoms with van der Waals surface area (Å²) in [4.78, 5) is 13.9. The molecule has 1 atom stereocenters. The van der Waals surface area contributed by atoms with E-state index in [1.54, 1.807) is 12.1 Å². The second kappa shape index (κ2) is 7.13. The lowest BCUT2D eigenvalue weighted by Crippen LogP contribution is -2.44. The Morgan fingerprint density at radius 3 is 2.38 bits per heavy atom. The number of likely N-dealkylation sites (tertiary alicyclic amines) is 1. The third kappa shape index (κ3) is 3.91. The molecule has 2 heterocycles. The van der Waals surface area contributed by atoms with Crippen molar-refractivity contribution >= 4 is 5.91 Å². The van der Waals surface area contributed by atoms with Gasteiger partial charge >= 0.3 is 6.18 Å². The van der Waals surface area contributed by atoms with Gasteiger partial charge in [0.1, 0.15) is 0 Å². The van der Waals surface area contributed by atoms with Crippen molar-refractivity contribution in [2.24, 2.45) is 5.92 Å². The number of hydrogen-bond donors (Lipinski definition) is 1. The number of piperidine rings is 2. The Labute approximate surface area is 140 Å². The molecule has 0 bridgehead atoms. The zero-order chi connectivity index (χ0) is 17.2. The van der Waals surface area contributed by atoms with Crippen molar-refractivity contribution < 1.29 is 18.0 Å². The summed E-state index contributed by atoms with van der Waals surface area (Å²) in [5, 5.41) is 3.32. The van der Waals surface area contributed by atoms with E-state index in [0.717, 1.165) is 25.9 Å². The summed E-state index contributed by atoms with van der Waals surface area (Å²) in [5.74, 6) is -1.19. The molecule has 0 aromatic heterocycles. The topological polar surface area (TPSA) is 32.3 Å². The SMILES string of the molecule is O=C(c1ccc(C2CCNCC2)cc1)N1CCCC(C(F)(F)F)C1. The molecule has 0 spiro atoms. The molecule has 132 valence electrons. The maximum Gasteiger partial charge on any atom is 0.393 e. The molecular formula is C18H23F3N2O. The maximum absolute atomic E-state index is 12.9. The number of nitrogens with zero attached hydrogens (tertiary/aromatic N) is 1. The standard InChI is InChI=1S/C18H23F3N2O/c19-18(20,21)16-2-1-11-23(12-16)17(24)15-5-3-13(4-6-15)14-7-9-22-10-8-14/h3-6,14,16,22H,1-2,7-12H2. The summed E-state index contributed by atoms with van der Waals surface area (Å²) in [5.41, 5.74) is 1.69. The number of carbonyl (C=O) groups is 1. The van der Waals surface area contributed by atoms with Crippen LogP contribution in [0.15, 0.2) is 24.3 Å². The second-order valence-electron chi connectivity index (χ2n) is 6.78. The first kappa shape index (κ1) is 17.3. The van der Waals surface area contributed by atoms with Crippen LogP contribution >= 0.6 is 0 Å². The first-order valence-electron chi connectivity index (χ1n) is 8.62. The van der Waals surface area contributed by atoms with Crippen LogP contribution < -0.4 is 5.32 Å². The minimum atomic E-state index is -4.22. The fraction of sp³-hybridized carbons (Fsp3) is 0.611. The van der Waals surface area contributed by atoms with Gasteiger partial charge in [-0.3, -0.25) is 4.79 Å². The summed E-state index contributed by atoms with van der Waals surface area (Å²) >= 11 is 0. The van der Waals surface area contributed by atoms with Crippen LogP contribution in [0.5, 0.6) is 0 Å². The summed E-state index contributed by atoms with van der Waals surface area (Å²) < 4.78 is 38.7. The van der Waals surface area contributed by atoms with E-state index in [0.29, 0.717) is 24.4 Å². The molecule has 1 amide bonds. The Hall–Kier alpha value is -1.56. The monoisotopic (exact) mass is 340 g/mol. The van der Waals surface area contributed by atoms with Gasteiger partial charge in [-0.2, -0.15) is 13.2 Å². The third-order valence-corrected chi connectivity index (χ3v) is 5.14. The Bertz CT molecular complexity index is 565. The highest BCUT2D eigenvalue weighted by molar-refractivity contribution is 5.94. The van der Waals surface area contributed by atoms with Crippen molar-refractivity contribution in [2.45, 2.75) is 37.8 Å². The lowest BCUT2D eigenvalue weighted by Gasteiger charge is -2.33. The van der Waals surface area contributed by atoms with Gasteiger partial charge in [0.2, 0.25) is 0 Å². The minimum Gasteiger partial charge on any atom is -0.338 e. The van der Waals surface area contributed by atoms with Gasteiger partial charge in [-0.15, -0.1) is 0 Å². The van der Waals surface area contributed by atoms with Gasteiger partial charge in [0.05, 0.1) is 5.92 Å². The summed E-state index contributed by atoms with van der Waals surface area (Å²) in [6, 6.07) is 7.43. The average Bonchev–Trinajstić information content (AvgIpc) is 2.61. The van der Waals surface area contributed by atoms with Crippen LogP contribution in [0.3, 0.4) is 0 Å². The molecule has 3 rings (SSSR count). The van der Waals surface area contributed by atoms with Crippen LogP contribution in [-0.4, -0.2) is 43.2 Å². The van der Waals surface area contributed by atoms with Gasteiger partial charge in [0.15, 0.2) is 0 Å². The average molecular weight is 340 g/mol. The number of nitrogens with one attached hydrogen (secondary N) is 1. The molecule has 2 fully saturated rings. The number of rotatable bonds is 2. The highest BCUT2D eigenvalue weighted by Gasteiger charge is 2.42. The molecule has 1 N–H and O–H groups in total. The normalized spacial score (nSPS) is 23.3. The molecule has 0 radical (unpaired) electrons. The molecule has 1 aromatic rings. The Morgan fingerprint density at radius 1 is 1.08 bits per heavy atom.